The van der Waals surface area contributed by atoms with Crippen LogP contribution in [0.4, 0.5) is 0 Å². The molecule has 0 aromatic heterocycles. The van der Waals surface area contributed by atoms with Gasteiger partial charge in [0.1, 0.15) is 0 Å². The lowest BCUT2D eigenvalue weighted by Gasteiger charge is -1.96. The molecule has 11 heavy (non-hydrogen) atoms. The number of hydrogen-bond donors (Lipinski definition) is 0. The second-order valence-electron chi connectivity index (χ2n) is 2.38. The monoisotopic (exact) mass is 148 g/mol. The average molecular weight is 148 g/mol. The molecule has 57 valence electrons. The summed E-state index contributed by atoms with van der Waals surface area (Å²) >= 11 is 0. The molecular weight excluding hydrogens is 138 g/mol. The smallest absolute Gasteiger partial charge is 0.267 e. The quantitative estimate of drug-likeness (QED) is 0.629. The van der Waals surface area contributed by atoms with Gasteiger partial charge in [-0.3, -0.25) is 10.5 Å². The van der Waals surface area contributed by atoms with Crippen molar-refractivity contribution in [3.05, 3.63) is 35.4 Å². The number of aryl methyl sites for hydroxylation is 1. The number of amides is 1. The molecule has 1 rings (SSSR count). The predicted octanol–water partition coefficient (Wildman–Crippen LogP) is 1.67. The van der Waals surface area contributed by atoms with Gasteiger partial charge in [-0.25, -0.2) is 0 Å². The average Bonchev–Trinajstić information content (AvgIpc) is 2.05. The molecule has 0 atom stereocenters. The summed E-state index contributed by atoms with van der Waals surface area (Å²) in [5.74, 6) is -0.618. The number of rotatable bonds is 2. The Bertz CT molecular complexity index is 251. The van der Waals surface area contributed by atoms with E-state index in [2.05, 4.69) is 6.92 Å². The van der Waals surface area contributed by atoms with Gasteiger partial charge in [0.15, 0.2) is 0 Å². The van der Waals surface area contributed by atoms with Crippen LogP contribution in [0.1, 0.15) is 22.8 Å². The minimum atomic E-state index is -0.618. The largest absolute Gasteiger partial charge is 0.269 e. The number of benzene rings is 1. The van der Waals surface area contributed by atoms with Crippen molar-refractivity contribution in [2.24, 2.45) is 0 Å². The number of carbonyl (C=O) groups excluding carboxylic acids is 1. The molecule has 0 aliphatic carbocycles. The minimum Gasteiger partial charge on any atom is -0.267 e. The van der Waals surface area contributed by atoms with E-state index in [1.807, 2.05) is 12.1 Å². The first-order valence-corrected chi connectivity index (χ1v) is 3.59. The molecule has 2 heteroatoms. The zero-order chi connectivity index (χ0) is 8.27. The first kappa shape index (κ1) is 7.79. The Labute approximate surface area is 66.0 Å². The van der Waals surface area contributed by atoms with E-state index in [1.165, 1.54) is 5.56 Å². The van der Waals surface area contributed by atoms with E-state index in [0.717, 1.165) is 6.42 Å². The van der Waals surface area contributed by atoms with E-state index in [1.54, 1.807) is 12.1 Å². The Morgan fingerprint density at radius 3 is 2.27 bits per heavy atom. The Kier molecular flexibility index (Phi) is 2.26. The van der Waals surface area contributed by atoms with Gasteiger partial charge in [0, 0.05) is 5.56 Å². The fourth-order valence-corrected chi connectivity index (χ4v) is 0.892. The van der Waals surface area contributed by atoms with Gasteiger partial charge in [-0.05, 0) is 24.1 Å². The van der Waals surface area contributed by atoms with Crippen LogP contribution < -0.4 is 5.73 Å². The SMILES string of the molecule is CCc1ccc(C([NH])=O)cc1. The summed E-state index contributed by atoms with van der Waals surface area (Å²) in [6.45, 7) is 2.05. The third-order valence-corrected chi connectivity index (χ3v) is 1.62. The lowest BCUT2D eigenvalue weighted by Crippen LogP contribution is -1.97. The molecule has 1 N–H and O–H groups in total. The molecule has 0 spiro atoms. The Morgan fingerprint density at radius 2 is 1.91 bits per heavy atom. The first-order valence-electron chi connectivity index (χ1n) is 3.59. The normalized spacial score (nSPS) is 9.55. The first-order chi connectivity index (χ1) is 5.24. The zero-order valence-electron chi connectivity index (χ0n) is 6.42. The number of nitrogens with one attached hydrogen (secondary N) is 1. The maximum absolute atomic E-state index is 10.5. The van der Waals surface area contributed by atoms with Crippen molar-refractivity contribution < 1.29 is 4.79 Å². The maximum Gasteiger partial charge on any atom is 0.269 e. The molecule has 0 aliphatic rings. The van der Waals surface area contributed by atoms with E-state index in [-0.39, 0.29) is 0 Å². The summed E-state index contributed by atoms with van der Waals surface area (Å²) in [5, 5.41) is 0. The molecule has 0 saturated heterocycles. The van der Waals surface area contributed by atoms with Crippen LogP contribution in [-0.2, 0) is 6.42 Å². The fourth-order valence-electron chi connectivity index (χ4n) is 0.892. The molecule has 0 unspecified atom stereocenters. The standard InChI is InChI=1S/C9H10NO/c1-2-7-3-5-8(6-4-7)9(10)11/h3-6,10H,2H2,1H3. The van der Waals surface area contributed by atoms with Gasteiger partial charge in [-0.1, -0.05) is 19.1 Å². The highest BCUT2D eigenvalue weighted by atomic mass is 16.1. The van der Waals surface area contributed by atoms with Gasteiger partial charge in [-0.2, -0.15) is 0 Å². The summed E-state index contributed by atoms with van der Waals surface area (Å²) in [6, 6.07) is 7.13. The van der Waals surface area contributed by atoms with Crippen LogP contribution in [0, 0.1) is 0 Å². The van der Waals surface area contributed by atoms with Crippen LogP contribution in [0.3, 0.4) is 0 Å². The van der Waals surface area contributed by atoms with Crippen molar-refractivity contribution in [2.45, 2.75) is 13.3 Å². The van der Waals surface area contributed by atoms with Crippen LogP contribution in [0.2, 0.25) is 0 Å². The number of carbonyl (C=O) groups is 1. The fraction of sp³-hybridized carbons (Fsp3) is 0.222. The topological polar surface area (TPSA) is 40.9 Å². The number of hydrogen-bond acceptors (Lipinski definition) is 1. The van der Waals surface area contributed by atoms with E-state index in [0.29, 0.717) is 5.56 Å². The lowest BCUT2D eigenvalue weighted by atomic mass is 10.1. The van der Waals surface area contributed by atoms with Gasteiger partial charge in [0.25, 0.3) is 5.91 Å². The third kappa shape index (κ3) is 1.80. The van der Waals surface area contributed by atoms with Crippen molar-refractivity contribution >= 4 is 5.91 Å². The summed E-state index contributed by atoms with van der Waals surface area (Å²) < 4.78 is 0. The van der Waals surface area contributed by atoms with Gasteiger partial charge in [-0.15, -0.1) is 0 Å². The molecule has 0 aliphatic heterocycles. The van der Waals surface area contributed by atoms with Crippen molar-refractivity contribution in [3.8, 4) is 0 Å². The highest BCUT2D eigenvalue weighted by Crippen LogP contribution is 2.03. The van der Waals surface area contributed by atoms with Gasteiger partial charge in [0.2, 0.25) is 0 Å². The predicted molar refractivity (Wildman–Crippen MR) is 43.2 cm³/mol. The van der Waals surface area contributed by atoms with E-state index >= 15 is 0 Å². The van der Waals surface area contributed by atoms with Crippen LogP contribution in [-0.4, -0.2) is 5.91 Å². The van der Waals surface area contributed by atoms with Crippen LogP contribution in [0.5, 0.6) is 0 Å². The molecular formula is C9H10NO. The summed E-state index contributed by atoms with van der Waals surface area (Å²) in [5.41, 5.74) is 8.46. The van der Waals surface area contributed by atoms with Crippen molar-refractivity contribution in [2.75, 3.05) is 0 Å². The van der Waals surface area contributed by atoms with Crippen molar-refractivity contribution in [3.63, 3.8) is 0 Å². The highest BCUT2D eigenvalue weighted by Gasteiger charge is 1.98. The van der Waals surface area contributed by atoms with E-state index in [4.69, 9.17) is 5.73 Å². The molecule has 0 bridgehead atoms. The van der Waals surface area contributed by atoms with E-state index in [9.17, 15) is 4.79 Å². The van der Waals surface area contributed by atoms with Crippen LogP contribution in [0.25, 0.3) is 0 Å². The second kappa shape index (κ2) is 3.19. The molecule has 1 aromatic carbocycles. The Balaban J connectivity index is 2.91. The Hall–Kier alpha value is -1.31. The molecule has 2 nitrogen and oxygen atoms in total. The van der Waals surface area contributed by atoms with Crippen LogP contribution >= 0.6 is 0 Å². The molecule has 0 heterocycles. The highest BCUT2D eigenvalue weighted by molar-refractivity contribution is 5.92. The molecule has 1 amide bonds. The van der Waals surface area contributed by atoms with Crippen molar-refractivity contribution in [1.29, 1.82) is 0 Å². The third-order valence-electron chi connectivity index (χ3n) is 1.62. The summed E-state index contributed by atoms with van der Waals surface area (Å²) in [6.07, 6.45) is 0.965. The summed E-state index contributed by atoms with van der Waals surface area (Å²) in [4.78, 5) is 10.5. The molecule has 0 fully saturated rings. The van der Waals surface area contributed by atoms with Crippen LogP contribution in [0.15, 0.2) is 24.3 Å². The summed E-state index contributed by atoms with van der Waals surface area (Å²) in [7, 11) is 0. The van der Waals surface area contributed by atoms with Gasteiger partial charge < -0.3 is 0 Å². The van der Waals surface area contributed by atoms with Gasteiger partial charge >= 0.3 is 0 Å². The Morgan fingerprint density at radius 1 is 1.36 bits per heavy atom. The maximum atomic E-state index is 10.5. The second-order valence-corrected chi connectivity index (χ2v) is 2.38. The van der Waals surface area contributed by atoms with Crippen molar-refractivity contribution in [1.82, 2.24) is 5.73 Å². The van der Waals surface area contributed by atoms with Gasteiger partial charge in [0.05, 0.1) is 0 Å². The molecule has 1 aromatic rings. The molecule has 0 saturated carbocycles. The molecule has 1 radical (unpaired) electrons. The van der Waals surface area contributed by atoms with E-state index < -0.39 is 5.91 Å². The lowest BCUT2D eigenvalue weighted by molar-refractivity contribution is 0.0992. The zero-order valence-corrected chi connectivity index (χ0v) is 6.42. The minimum absolute atomic E-state index is 0.460.